The number of hydrogen-bond donors (Lipinski definition) is 1. The van der Waals surface area contributed by atoms with E-state index in [0.717, 1.165) is 17.9 Å². The zero-order chi connectivity index (χ0) is 20.0. The standard InChI is InChI=1S/C17H23ClN6O3S.HI/c1-19-17(20-6-4-14-2-3-16(18)21-12-14)23-7-9-24(10-8-23)28(25,26)13-15-5-11-27-22-15;/h2-3,5,11-12H,4,6-10,13H2,1H3,(H,19,20);1H. The van der Waals surface area contributed by atoms with Crippen LogP contribution in [0.4, 0.5) is 0 Å². The summed E-state index contributed by atoms with van der Waals surface area (Å²) in [6.45, 7) is 2.64. The molecular weight excluding hydrogens is 531 g/mol. The van der Waals surface area contributed by atoms with Crippen molar-refractivity contribution < 1.29 is 12.9 Å². The number of hydrogen-bond acceptors (Lipinski definition) is 6. The maximum Gasteiger partial charge on any atom is 0.220 e. The summed E-state index contributed by atoms with van der Waals surface area (Å²) in [7, 11) is -1.69. The maximum absolute atomic E-state index is 12.5. The van der Waals surface area contributed by atoms with Crippen LogP contribution in [0.15, 0.2) is 40.2 Å². The van der Waals surface area contributed by atoms with Crippen LogP contribution in [0, 0.1) is 0 Å². The van der Waals surface area contributed by atoms with Gasteiger partial charge < -0.3 is 14.7 Å². The first-order valence-corrected chi connectivity index (χ1v) is 10.9. The van der Waals surface area contributed by atoms with Gasteiger partial charge in [-0.05, 0) is 18.1 Å². The summed E-state index contributed by atoms with van der Waals surface area (Å²) in [5.74, 6) is 0.612. The topological polar surface area (TPSA) is 104 Å². The van der Waals surface area contributed by atoms with Crippen molar-refractivity contribution >= 4 is 51.6 Å². The predicted molar refractivity (Wildman–Crippen MR) is 122 cm³/mol. The number of halogens is 2. The summed E-state index contributed by atoms with van der Waals surface area (Å²) >= 11 is 5.80. The van der Waals surface area contributed by atoms with Crippen molar-refractivity contribution in [3.05, 3.63) is 47.1 Å². The lowest BCUT2D eigenvalue weighted by molar-refractivity contribution is 0.260. The molecule has 160 valence electrons. The van der Waals surface area contributed by atoms with Crippen LogP contribution in [0.3, 0.4) is 0 Å². The third-order valence-electron chi connectivity index (χ3n) is 4.45. The van der Waals surface area contributed by atoms with E-state index in [-0.39, 0.29) is 29.7 Å². The lowest BCUT2D eigenvalue weighted by atomic mass is 10.2. The molecule has 0 radical (unpaired) electrons. The van der Waals surface area contributed by atoms with Crippen LogP contribution in [-0.4, -0.2) is 73.5 Å². The molecule has 29 heavy (non-hydrogen) atoms. The van der Waals surface area contributed by atoms with E-state index in [1.807, 2.05) is 6.07 Å². The van der Waals surface area contributed by atoms with Gasteiger partial charge in [0.15, 0.2) is 5.96 Å². The summed E-state index contributed by atoms with van der Waals surface area (Å²) < 4.78 is 31.2. The van der Waals surface area contributed by atoms with E-state index >= 15 is 0 Å². The van der Waals surface area contributed by atoms with Gasteiger partial charge in [-0.3, -0.25) is 4.99 Å². The molecule has 0 bridgehead atoms. The van der Waals surface area contributed by atoms with Crippen LogP contribution in [0.2, 0.25) is 5.15 Å². The van der Waals surface area contributed by atoms with Gasteiger partial charge in [0.25, 0.3) is 0 Å². The van der Waals surface area contributed by atoms with Crippen LogP contribution in [0.25, 0.3) is 0 Å². The Bertz CT molecular complexity index is 884. The monoisotopic (exact) mass is 554 g/mol. The first-order valence-electron chi connectivity index (χ1n) is 8.91. The Labute approximate surface area is 192 Å². The van der Waals surface area contributed by atoms with Crippen molar-refractivity contribution in [2.45, 2.75) is 12.2 Å². The highest BCUT2D eigenvalue weighted by molar-refractivity contribution is 14.0. The molecule has 1 aliphatic rings. The van der Waals surface area contributed by atoms with Crippen molar-refractivity contribution in [3.63, 3.8) is 0 Å². The van der Waals surface area contributed by atoms with Gasteiger partial charge in [-0.2, -0.15) is 4.31 Å². The predicted octanol–water partition coefficient (Wildman–Crippen LogP) is 1.61. The van der Waals surface area contributed by atoms with Crippen molar-refractivity contribution in [1.29, 1.82) is 0 Å². The van der Waals surface area contributed by atoms with Crippen molar-refractivity contribution in [1.82, 2.24) is 24.7 Å². The number of guanidine groups is 1. The van der Waals surface area contributed by atoms with Gasteiger partial charge in [-0.1, -0.05) is 22.8 Å². The van der Waals surface area contributed by atoms with Gasteiger partial charge in [-0.25, -0.2) is 13.4 Å². The second-order valence-corrected chi connectivity index (χ2v) is 8.70. The Morgan fingerprint density at radius 1 is 1.28 bits per heavy atom. The van der Waals surface area contributed by atoms with Crippen LogP contribution < -0.4 is 5.32 Å². The van der Waals surface area contributed by atoms with Crippen molar-refractivity contribution in [3.8, 4) is 0 Å². The van der Waals surface area contributed by atoms with E-state index < -0.39 is 10.0 Å². The van der Waals surface area contributed by atoms with E-state index in [1.54, 1.807) is 25.4 Å². The molecule has 0 atom stereocenters. The molecule has 3 rings (SSSR count). The second-order valence-electron chi connectivity index (χ2n) is 6.35. The molecule has 2 aromatic rings. The fourth-order valence-electron chi connectivity index (χ4n) is 2.97. The number of nitrogens with one attached hydrogen (secondary N) is 1. The smallest absolute Gasteiger partial charge is 0.220 e. The van der Waals surface area contributed by atoms with Gasteiger partial charge in [0.1, 0.15) is 17.2 Å². The average Bonchev–Trinajstić information content (AvgIpc) is 3.19. The Balaban J connectivity index is 0.00000300. The molecule has 12 heteroatoms. The Hall–Kier alpha value is -1.44. The number of aliphatic imine (C=N–C) groups is 1. The third kappa shape index (κ3) is 6.79. The van der Waals surface area contributed by atoms with Gasteiger partial charge >= 0.3 is 0 Å². The van der Waals surface area contributed by atoms with E-state index in [9.17, 15) is 8.42 Å². The summed E-state index contributed by atoms with van der Waals surface area (Å²) in [5, 5.41) is 7.48. The minimum Gasteiger partial charge on any atom is -0.364 e. The molecule has 9 nitrogen and oxygen atoms in total. The molecule has 0 aromatic carbocycles. The van der Waals surface area contributed by atoms with Crippen LogP contribution >= 0.6 is 35.6 Å². The van der Waals surface area contributed by atoms with Gasteiger partial charge in [-0.15, -0.1) is 24.0 Å². The Kier molecular flexibility index (Phi) is 9.11. The highest BCUT2D eigenvalue weighted by Crippen LogP contribution is 2.13. The fraction of sp³-hybridized carbons (Fsp3) is 0.471. The fourth-order valence-corrected chi connectivity index (χ4v) is 4.51. The zero-order valence-electron chi connectivity index (χ0n) is 16.0. The van der Waals surface area contributed by atoms with E-state index in [4.69, 9.17) is 16.1 Å². The lowest BCUT2D eigenvalue weighted by Crippen LogP contribution is -2.54. The average molecular weight is 555 g/mol. The minimum absolute atomic E-state index is 0. The molecule has 1 N–H and O–H groups in total. The SMILES string of the molecule is CN=C(NCCc1ccc(Cl)nc1)N1CCN(S(=O)(=O)Cc2ccon2)CC1.I. The molecule has 0 aliphatic carbocycles. The summed E-state index contributed by atoms with van der Waals surface area (Å²) in [4.78, 5) is 10.4. The van der Waals surface area contributed by atoms with Crippen LogP contribution in [0.5, 0.6) is 0 Å². The van der Waals surface area contributed by atoms with Gasteiger partial charge in [0.2, 0.25) is 10.0 Å². The Morgan fingerprint density at radius 2 is 2.03 bits per heavy atom. The van der Waals surface area contributed by atoms with Crippen LogP contribution in [0.1, 0.15) is 11.3 Å². The quantitative estimate of drug-likeness (QED) is 0.250. The van der Waals surface area contributed by atoms with E-state index in [0.29, 0.717) is 43.6 Å². The third-order valence-corrected chi connectivity index (χ3v) is 6.49. The zero-order valence-corrected chi connectivity index (χ0v) is 19.9. The maximum atomic E-state index is 12.5. The molecule has 1 aliphatic heterocycles. The number of nitrogens with zero attached hydrogens (tertiary/aromatic N) is 5. The Morgan fingerprint density at radius 3 is 2.62 bits per heavy atom. The number of aromatic nitrogens is 2. The molecular formula is C17H24ClIN6O3S. The second kappa shape index (κ2) is 11.1. The largest absolute Gasteiger partial charge is 0.364 e. The molecule has 2 aromatic heterocycles. The molecule has 0 unspecified atom stereocenters. The first kappa shape index (κ1) is 23.8. The molecule has 1 fully saturated rings. The molecule has 3 heterocycles. The molecule has 1 saturated heterocycles. The highest BCUT2D eigenvalue weighted by atomic mass is 127. The molecule has 0 saturated carbocycles. The number of piperazine rings is 1. The summed E-state index contributed by atoms with van der Waals surface area (Å²) in [6, 6.07) is 5.28. The van der Waals surface area contributed by atoms with Crippen molar-refractivity contribution in [2.24, 2.45) is 4.99 Å². The summed E-state index contributed by atoms with van der Waals surface area (Å²) in [6.07, 6.45) is 3.92. The van der Waals surface area contributed by atoms with Crippen LogP contribution in [-0.2, 0) is 22.2 Å². The first-order chi connectivity index (χ1) is 13.5. The lowest BCUT2D eigenvalue weighted by Gasteiger charge is -2.35. The van der Waals surface area contributed by atoms with Gasteiger partial charge in [0.05, 0.1) is 5.69 Å². The van der Waals surface area contributed by atoms with E-state index in [2.05, 4.69) is 25.3 Å². The summed E-state index contributed by atoms with van der Waals surface area (Å²) in [5.41, 5.74) is 1.49. The normalized spacial score (nSPS) is 15.8. The number of sulfonamides is 1. The van der Waals surface area contributed by atoms with Crippen molar-refractivity contribution in [2.75, 3.05) is 39.8 Å². The van der Waals surface area contributed by atoms with Gasteiger partial charge in [0, 0.05) is 52.0 Å². The van der Waals surface area contributed by atoms with E-state index in [1.165, 1.54) is 10.6 Å². The molecule has 0 spiro atoms. The minimum atomic E-state index is -3.41. The number of pyridine rings is 1. The molecule has 0 amide bonds. The number of rotatable bonds is 6. The highest BCUT2D eigenvalue weighted by Gasteiger charge is 2.28.